The Hall–Kier alpha value is -1.99. The third-order valence-corrected chi connectivity index (χ3v) is 2.39. The van der Waals surface area contributed by atoms with E-state index in [4.69, 9.17) is 16.9 Å². The molecule has 0 aliphatic rings. The summed E-state index contributed by atoms with van der Waals surface area (Å²) in [7, 11) is 0. The lowest BCUT2D eigenvalue weighted by Crippen LogP contribution is -2.35. The Labute approximate surface area is 114 Å². The van der Waals surface area contributed by atoms with Crippen LogP contribution in [0, 0.1) is 18.3 Å². The molecule has 0 saturated heterocycles. The summed E-state index contributed by atoms with van der Waals surface area (Å²) in [5, 5.41) is 2.73. The van der Waals surface area contributed by atoms with E-state index in [-0.39, 0.29) is 12.3 Å². The first-order chi connectivity index (χ1) is 9.04. The molecule has 4 nitrogen and oxygen atoms in total. The molecule has 102 valence electrons. The molecule has 0 aliphatic heterocycles. The monoisotopic (exact) mass is 260 g/mol. The number of terminal acetylenes is 1. The summed E-state index contributed by atoms with van der Waals surface area (Å²) < 4.78 is 5.64. The second kappa shape index (κ2) is 7.45. The average Bonchev–Trinajstić information content (AvgIpc) is 2.37. The number of hydrogen-bond donors (Lipinski definition) is 2. The summed E-state index contributed by atoms with van der Waals surface area (Å²) in [6, 6.07) is 6.56. The van der Waals surface area contributed by atoms with E-state index in [1.54, 1.807) is 6.07 Å². The van der Waals surface area contributed by atoms with E-state index in [2.05, 4.69) is 25.1 Å². The fraction of sp³-hybridized carbons (Fsp3) is 0.400. The van der Waals surface area contributed by atoms with E-state index >= 15 is 0 Å². The molecule has 0 heterocycles. The molecule has 4 heteroatoms. The van der Waals surface area contributed by atoms with Crippen LogP contribution in [0.1, 0.15) is 20.3 Å². The fourth-order valence-corrected chi connectivity index (χ4v) is 1.40. The Morgan fingerprint density at radius 1 is 1.47 bits per heavy atom. The summed E-state index contributed by atoms with van der Waals surface area (Å²) >= 11 is 0. The molecule has 1 aromatic carbocycles. The first-order valence-corrected chi connectivity index (χ1v) is 6.26. The van der Waals surface area contributed by atoms with Gasteiger partial charge in [0.25, 0.3) is 0 Å². The maximum atomic E-state index is 11.8. The van der Waals surface area contributed by atoms with Gasteiger partial charge in [-0.15, -0.1) is 12.3 Å². The highest BCUT2D eigenvalue weighted by atomic mass is 16.5. The number of carbonyl (C=O) groups excluding carboxylic acids is 1. The topological polar surface area (TPSA) is 64.4 Å². The number of hydrogen-bond acceptors (Lipinski definition) is 3. The molecule has 0 spiro atoms. The van der Waals surface area contributed by atoms with Crippen LogP contribution in [0.5, 0.6) is 5.75 Å². The van der Waals surface area contributed by atoms with Crippen LogP contribution in [0.2, 0.25) is 0 Å². The van der Waals surface area contributed by atoms with Gasteiger partial charge in [0, 0.05) is 6.42 Å². The van der Waals surface area contributed by atoms with Crippen molar-refractivity contribution < 1.29 is 9.53 Å². The van der Waals surface area contributed by atoms with Gasteiger partial charge in [-0.25, -0.2) is 0 Å². The van der Waals surface area contributed by atoms with Crippen LogP contribution in [-0.4, -0.2) is 18.6 Å². The number of anilines is 1. The van der Waals surface area contributed by atoms with Crippen molar-refractivity contribution in [3.63, 3.8) is 0 Å². The normalized spacial score (nSPS) is 11.7. The molecular formula is C15H20N2O2. The van der Waals surface area contributed by atoms with Gasteiger partial charge in [-0.1, -0.05) is 26.0 Å². The zero-order valence-corrected chi connectivity index (χ0v) is 11.3. The minimum Gasteiger partial charge on any atom is -0.491 e. The van der Waals surface area contributed by atoms with Gasteiger partial charge in [-0.2, -0.15) is 0 Å². The number of nitrogens with one attached hydrogen (secondary N) is 1. The molecule has 1 atom stereocenters. The van der Waals surface area contributed by atoms with Crippen molar-refractivity contribution in [1.29, 1.82) is 0 Å². The van der Waals surface area contributed by atoms with Crippen LogP contribution in [0.15, 0.2) is 24.3 Å². The number of ether oxygens (including phenoxy) is 1. The van der Waals surface area contributed by atoms with E-state index in [1.807, 2.05) is 18.2 Å². The van der Waals surface area contributed by atoms with E-state index in [9.17, 15) is 4.79 Å². The molecule has 1 rings (SSSR count). The van der Waals surface area contributed by atoms with Gasteiger partial charge in [0.15, 0.2) is 0 Å². The van der Waals surface area contributed by atoms with Crippen LogP contribution in [0.25, 0.3) is 0 Å². The number of nitrogens with two attached hydrogens (primary N) is 1. The number of para-hydroxylation sites is 2. The maximum Gasteiger partial charge on any atom is 0.242 e. The lowest BCUT2D eigenvalue weighted by Gasteiger charge is -2.15. The molecule has 0 aromatic heterocycles. The lowest BCUT2D eigenvalue weighted by molar-refractivity contribution is -0.117. The molecule has 1 aromatic rings. The minimum absolute atomic E-state index is 0.209. The molecule has 1 unspecified atom stereocenters. The van der Waals surface area contributed by atoms with Gasteiger partial charge < -0.3 is 15.8 Å². The zero-order chi connectivity index (χ0) is 14.3. The lowest BCUT2D eigenvalue weighted by atomic mass is 10.2. The summed E-state index contributed by atoms with van der Waals surface area (Å²) in [6.45, 7) is 4.71. The Morgan fingerprint density at radius 2 is 2.16 bits per heavy atom. The van der Waals surface area contributed by atoms with Gasteiger partial charge >= 0.3 is 0 Å². The van der Waals surface area contributed by atoms with Crippen LogP contribution >= 0.6 is 0 Å². The highest BCUT2D eigenvalue weighted by molar-refractivity contribution is 5.96. The Kier molecular flexibility index (Phi) is 5.91. The highest BCUT2D eigenvalue weighted by Crippen LogP contribution is 2.24. The Bertz CT molecular complexity index is 463. The predicted molar refractivity (Wildman–Crippen MR) is 76.8 cm³/mol. The van der Waals surface area contributed by atoms with Crippen molar-refractivity contribution in [2.24, 2.45) is 11.7 Å². The summed E-state index contributed by atoms with van der Waals surface area (Å²) in [5.74, 6) is 3.11. The number of carbonyl (C=O) groups is 1. The van der Waals surface area contributed by atoms with Crippen molar-refractivity contribution in [2.75, 3.05) is 11.9 Å². The Morgan fingerprint density at radius 3 is 2.79 bits per heavy atom. The fourth-order valence-electron chi connectivity index (χ4n) is 1.40. The second-order valence-electron chi connectivity index (χ2n) is 4.71. The van der Waals surface area contributed by atoms with Crippen molar-refractivity contribution >= 4 is 11.6 Å². The smallest absolute Gasteiger partial charge is 0.242 e. The van der Waals surface area contributed by atoms with Crippen LogP contribution in [-0.2, 0) is 4.79 Å². The number of amides is 1. The van der Waals surface area contributed by atoms with Crippen LogP contribution in [0.4, 0.5) is 5.69 Å². The predicted octanol–water partition coefficient (Wildman–Crippen LogP) is 2.01. The molecule has 19 heavy (non-hydrogen) atoms. The van der Waals surface area contributed by atoms with E-state index < -0.39 is 6.04 Å². The molecule has 3 N–H and O–H groups in total. The molecule has 0 saturated carbocycles. The largest absolute Gasteiger partial charge is 0.491 e. The van der Waals surface area contributed by atoms with Gasteiger partial charge in [-0.05, 0) is 18.1 Å². The van der Waals surface area contributed by atoms with Crippen LogP contribution in [0.3, 0.4) is 0 Å². The van der Waals surface area contributed by atoms with Gasteiger partial charge in [0.2, 0.25) is 5.91 Å². The first kappa shape index (κ1) is 15.1. The first-order valence-electron chi connectivity index (χ1n) is 6.26. The van der Waals surface area contributed by atoms with E-state index in [0.29, 0.717) is 24.0 Å². The number of benzene rings is 1. The molecular weight excluding hydrogens is 240 g/mol. The van der Waals surface area contributed by atoms with Crippen molar-refractivity contribution in [1.82, 2.24) is 0 Å². The number of rotatable bonds is 6. The van der Waals surface area contributed by atoms with Crippen molar-refractivity contribution in [2.45, 2.75) is 26.3 Å². The summed E-state index contributed by atoms with van der Waals surface area (Å²) in [5.41, 5.74) is 6.26. The minimum atomic E-state index is -0.705. The average molecular weight is 260 g/mol. The molecule has 0 fully saturated rings. The quantitative estimate of drug-likeness (QED) is 0.769. The van der Waals surface area contributed by atoms with Gasteiger partial charge in [0.1, 0.15) is 5.75 Å². The standard InChI is InChI=1S/C15H20N2O2/c1-4-7-12(16)15(18)17-13-8-5-6-9-14(13)19-10-11(2)3/h1,5-6,8-9,11-12H,7,10,16H2,2-3H3,(H,17,18). The molecule has 0 radical (unpaired) electrons. The highest BCUT2D eigenvalue weighted by Gasteiger charge is 2.14. The second-order valence-corrected chi connectivity index (χ2v) is 4.71. The SMILES string of the molecule is C#CCC(N)C(=O)Nc1ccccc1OCC(C)C. The van der Waals surface area contributed by atoms with E-state index in [0.717, 1.165) is 0 Å². The van der Waals surface area contributed by atoms with Crippen molar-refractivity contribution in [3.05, 3.63) is 24.3 Å². The maximum absolute atomic E-state index is 11.8. The summed E-state index contributed by atoms with van der Waals surface area (Å²) in [6.07, 6.45) is 5.35. The zero-order valence-electron chi connectivity index (χ0n) is 11.3. The van der Waals surface area contributed by atoms with Crippen LogP contribution < -0.4 is 15.8 Å². The van der Waals surface area contributed by atoms with Gasteiger partial charge in [-0.3, -0.25) is 4.79 Å². The molecule has 0 bridgehead atoms. The van der Waals surface area contributed by atoms with Crippen molar-refractivity contribution in [3.8, 4) is 18.1 Å². The van der Waals surface area contributed by atoms with Gasteiger partial charge in [0.05, 0.1) is 18.3 Å². The van der Waals surface area contributed by atoms with E-state index in [1.165, 1.54) is 0 Å². The third kappa shape index (κ3) is 5.02. The Balaban J connectivity index is 2.72. The summed E-state index contributed by atoms with van der Waals surface area (Å²) in [4.78, 5) is 11.8. The third-order valence-electron chi connectivity index (χ3n) is 2.39. The molecule has 1 amide bonds. The molecule has 0 aliphatic carbocycles.